The largest absolute Gasteiger partial charge is 0.368 e. The van der Waals surface area contributed by atoms with Crippen molar-refractivity contribution in [2.75, 3.05) is 0 Å². The monoisotopic (exact) mass is 215 g/mol. The van der Waals surface area contributed by atoms with Crippen molar-refractivity contribution in [2.24, 2.45) is 5.92 Å². The zero-order chi connectivity index (χ0) is 11.1. The number of hydrogen-bond donors (Lipinski definition) is 2. The number of aliphatic hydroxyl groups is 2. The molecule has 82 valence electrons. The molecule has 2 unspecified atom stereocenters. The highest BCUT2D eigenvalue weighted by molar-refractivity contribution is 5.78. The SMILES string of the molecule is OC(O)C1CC1c1ccc2ccccc2n1. The first-order valence-corrected chi connectivity index (χ1v) is 5.47. The molecule has 0 spiro atoms. The predicted octanol–water partition coefficient (Wildman–Crippen LogP) is 1.65. The summed E-state index contributed by atoms with van der Waals surface area (Å²) >= 11 is 0. The third-order valence-electron chi connectivity index (χ3n) is 3.22. The van der Waals surface area contributed by atoms with Gasteiger partial charge in [0.15, 0.2) is 6.29 Å². The van der Waals surface area contributed by atoms with Gasteiger partial charge in [-0.15, -0.1) is 0 Å². The van der Waals surface area contributed by atoms with Gasteiger partial charge in [0.1, 0.15) is 0 Å². The van der Waals surface area contributed by atoms with Gasteiger partial charge < -0.3 is 10.2 Å². The molecule has 0 radical (unpaired) electrons. The van der Waals surface area contributed by atoms with Crippen molar-refractivity contribution < 1.29 is 10.2 Å². The second-order valence-electron chi connectivity index (χ2n) is 4.35. The van der Waals surface area contributed by atoms with E-state index in [2.05, 4.69) is 4.98 Å². The minimum absolute atomic E-state index is 0.0336. The van der Waals surface area contributed by atoms with Crippen LogP contribution in [0.2, 0.25) is 0 Å². The minimum atomic E-state index is -1.21. The van der Waals surface area contributed by atoms with Crippen molar-refractivity contribution in [3.05, 3.63) is 42.1 Å². The van der Waals surface area contributed by atoms with E-state index in [0.717, 1.165) is 23.0 Å². The molecular formula is C13H13NO2. The summed E-state index contributed by atoms with van der Waals surface area (Å²) in [5.74, 6) is 0.179. The first-order valence-electron chi connectivity index (χ1n) is 5.47. The summed E-state index contributed by atoms with van der Waals surface area (Å²) < 4.78 is 0. The molecule has 1 heterocycles. The van der Waals surface area contributed by atoms with E-state index in [1.54, 1.807) is 0 Å². The Morgan fingerprint density at radius 1 is 1.12 bits per heavy atom. The van der Waals surface area contributed by atoms with Gasteiger partial charge in [0.05, 0.1) is 5.52 Å². The van der Waals surface area contributed by atoms with E-state index in [9.17, 15) is 0 Å². The van der Waals surface area contributed by atoms with Gasteiger partial charge >= 0.3 is 0 Å². The van der Waals surface area contributed by atoms with Crippen molar-refractivity contribution in [3.8, 4) is 0 Å². The van der Waals surface area contributed by atoms with E-state index in [4.69, 9.17) is 10.2 Å². The molecule has 2 atom stereocenters. The summed E-state index contributed by atoms with van der Waals surface area (Å²) in [6, 6.07) is 12.0. The van der Waals surface area contributed by atoms with Gasteiger partial charge in [-0.1, -0.05) is 24.3 Å². The summed E-state index contributed by atoms with van der Waals surface area (Å²) in [5, 5.41) is 19.2. The summed E-state index contributed by atoms with van der Waals surface area (Å²) in [6.45, 7) is 0. The van der Waals surface area contributed by atoms with Crippen molar-refractivity contribution in [2.45, 2.75) is 18.6 Å². The Bertz CT molecular complexity index is 524. The van der Waals surface area contributed by atoms with Gasteiger partial charge in [-0.25, -0.2) is 0 Å². The highest BCUT2D eigenvalue weighted by Gasteiger charge is 2.43. The van der Waals surface area contributed by atoms with Crippen LogP contribution in [0.1, 0.15) is 18.0 Å². The number of hydrogen-bond acceptors (Lipinski definition) is 3. The summed E-state index contributed by atoms with van der Waals surface area (Å²) in [7, 11) is 0. The maximum atomic E-state index is 9.06. The van der Waals surface area contributed by atoms with Crippen molar-refractivity contribution in [3.63, 3.8) is 0 Å². The Morgan fingerprint density at radius 2 is 1.94 bits per heavy atom. The van der Waals surface area contributed by atoms with Crippen molar-refractivity contribution in [1.82, 2.24) is 4.98 Å². The van der Waals surface area contributed by atoms with Gasteiger partial charge in [0, 0.05) is 22.9 Å². The molecule has 0 saturated heterocycles. The molecule has 0 aliphatic heterocycles. The zero-order valence-corrected chi connectivity index (χ0v) is 8.74. The number of fused-ring (bicyclic) bond motifs is 1. The van der Waals surface area contributed by atoms with Gasteiger partial charge in [-0.05, 0) is 18.6 Å². The predicted molar refractivity (Wildman–Crippen MR) is 60.8 cm³/mol. The summed E-state index contributed by atoms with van der Waals surface area (Å²) in [6.07, 6.45) is -0.388. The fourth-order valence-corrected chi connectivity index (χ4v) is 2.17. The maximum absolute atomic E-state index is 9.06. The van der Waals surface area contributed by atoms with Gasteiger partial charge in [-0.2, -0.15) is 0 Å². The number of pyridine rings is 1. The molecule has 1 aromatic heterocycles. The molecule has 3 nitrogen and oxygen atoms in total. The molecule has 16 heavy (non-hydrogen) atoms. The highest BCUT2D eigenvalue weighted by Crippen LogP contribution is 2.48. The van der Waals surface area contributed by atoms with Gasteiger partial charge in [0.25, 0.3) is 0 Å². The Hall–Kier alpha value is -1.45. The van der Waals surface area contributed by atoms with Crippen LogP contribution in [-0.2, 0) is 0 Å². The Labute approximate surface area is 93.4 Å². The lowest BCUT2D eigenvalue weighted by atomic mass is 10.1. The van der Waals surface area contributed by atoms with Crippen LogP contribution in [0.4, 0.5) is 0 Å². The number of aliphatic hydroxyl groups excluding tert-OH is 1. The van der Waals surface area contributed by atoms with E-state index in [0.29, 0.717) is 0 Å². The maximum Gasteiger partial charge on any atom is 0.154 e. The normalized spacial score (nSPS) is 23.9. The fourth-order valence-electron chi connectivity index (χ4n) is 2.17. The third kappa shape index (κ3) is 1.58. The smallest absolute Gasteiger partial charge is 0.154 e. The number of rotatable bonds is 2. The lowest BCUT2D eigenvalue weighted by Gasteiger charge is -2.03. The third-order valence-corrected chi connectivity index (χ3v) is 3.22. The topological polar surface area (TPSA) is 53.4 Å². The van der Waals surface area contributed by atoms with Crippen LogP contribution in [0.3, 0.4) is 0 Å². The van der Waals surface area contributed by atoms with Crippen LogP contribution in [0.5, 0.6) is 0 Å². The number of nitrogens with zero attached hydrogens (tertiary/aromatic N) is 1. The van der Waals surface area contributed by atoms with Crippen LogP contribution in [-0.4, -0.2) is 21.5 Å². The quantitative estimate of drug-likeness (QED) is 0.749. The Morgan fingerprint density at radius 3 is 2.69 bits per heavy atom. The molecule has 3 heteroatoms. The summed E-state index contributed by atoms with van der Waals surface area (Å²) in [4.78, 5) is 4.55. The molecule has 1 aromatic carbocycles. The second-order valence-corrected chi connectivity index (χ2v) is 4.35. The molecule has 0 bridgehead atoms. The van der Waals surface area contributed by atoms with E-state index in [1.165, 1.54) is 0 Å². The zero-order valence-electron chi connectivity index (χ0n) is 8.74. The fraction of sp³-hybridized carbons (Fsp3) is 0.308. The Kier molecular flexibility index (Phi) is 2.16. The highest BCUT2D eigenvalue weighted by atomic mass is 16.5. The first-order chi connectivity index (χ1) is 7.75. The molecule has 1 aliphatic carbocycles. The number of benzene rings is 1. The molecular weight excluding hydrogens is 202 g/mol. The van der Waals surface area contributed by atoms with Crippen LogP contribution >= 0.6 is 0 Å². The van der Waals surface area contributed by atoms with Gasteiger partial charge in [0.2, 0.25) is 0 Å². The second kappa shape index (κ2) is 3.54. The number of aromatic nitrogens is 1. The minimum Gasteiger partial charge on any atom is -0.368 e. The molecule has 1 fully saturated rings. The molecule has 1 aliphatic rings. The van der Waals surface area contributed by atoms with Crippen LogP contribution in [0.15, 0.2) is 36.4 Å². The van der Waals surface area contributed by atoms with E-state index in [-0.39, 0.29) is 11.8 Å². The van der Waals surface area contributed by atoms with E-state index < -0.39 is 6.29 Å². The van der Waals surface area contributed by atoms with Gasteiger partial charge in [-0.3, -0.25) is 4.98 Å². The van der Waals surface area contributed by atoms with Crippen LogP contribution < -0.4 is 0 Å². The lowest BCUT2D eigenvalue weighted by Crippen LogP contribution is -2.08. The summed E-state index contributed by atoms with van der Waals surface area (Å²) in [5.41, 5.74) is 1.94. The Balaban J connectivity index is 1.95. The average molecular weight is 215 g/mol. The van der Waals surface area contributed by atoms with E-state index in [1.807, 2.05) is 36.4 Å². The molecule has 1 saturated carbocycles. The standard InChI is InChI=1S/C13H13NO2/c15-13(16)10-7-9(10)12-6-5-8-3-1-2-4-11(8)14-12/h1-6,9-10,13,15-16H,7H2. The number of para-hydroxylation sites is 1. The first kappa shape index (κ1) is 9.75. The van der Waals surface area contributed by atoms with E-state index >= 15 is 0 Å². The average Bonchev–Trinajstić information content (AvgIpc) is 3.08. The molecule has 0 amide bonds. The molecule has 3 rings (SSSR count). The molecule has 2 aromatic rings. The van der Waals surface area contributed by atoms with Crippen LogP contribution in [0, 0.1) is 5.92 Å². The van der Waals surface area contributed by atoms with Crippen molar-refractivity contribution in [1.29, 1.82) is 0 Å². The van der Waals surface area contributed by atoms with Crippen LogP contribution in [0.25, 0.3) is 10.9 Å². The lowest BCUT2D eigenvalue weighted by molar-refractivity contribution is -0.0578. The molecule has 2 N–H and O–H groups in total. The van der Waals surface area contributed by atoms with Crippen molar-refractivity contribution >= 4 is 10.9 Å².